The lowest BCUT2D eigenvalue weighted by Gasteiger charge is -2.63. The number of rotatable bonds is 4. The molecule has 0 radical (unpaired) electrons. The molecule has 6 rings (SSSR count). The van der Waals surface area contributed by atoms with E-state index in [1.165, 1.54) is 64.2 Å². The van der Waals surface area contributed by atoms with E-state index in [9.17, 15) is 0 Å². The van der Waals surface area contributed by atoms with Gasteiger partial charge in [0.1, 0.15) is 5.78 Å². The van der Waals surface area contributed by atoms with Crippen LogP contribution in [0.2, 0.25) is 0 Å². The molecule has 1 nitrogen and oxygen atoms in total. The van der Waals surface area contributed by atoms with E-state index in [1.807, 2.05) is 0 Å². The molecule has 0 heterocycles. The van der Waals surface area contributed by atoms with E-state index in [1.54, 1.807) is 22.3 Å². The summed E-state index contributed by atoms with van der Waals surface area (Å²) in [6, 6.07) is 0. The summed E-state index contributed by atoms with van der Waals surface area (Å²) in [5.41, 5.74) is 6.64. The predicted octanol–water partition coefficient (Wildman–Crippen LogP) is 10.8. The highest BCUT2D eigenvalue weighted by Crippen LogP contribution is 2.68. The highest BCUT2D eigenvalue weighted by atomic mass is 16.1. The predicted molar refractivity (Wildman–Crippen MR) is 169 cm³/mol. The lowest BCUT2D eigenvalue weighted by atomic mass is 9.40. The Labute approximate surface area is 246 Å². The Kier molecular flexibility index (Phi) is 7.07. The molecule has 0 bridgehead atoms. The van der Waals surface area contributed by atoms with Crippen LogP contribution in [0, 0.1) is 57.2 Å². The van der Waals surface area contributed by atoms with Crippen LogP contribution in [0.3, 0.4) is 0 Å². The van der Waals surface area contributed by atoms with Gasteiger partial charge >= 0.3 is 0 Å². The van der Waals surface area contributed by atoms with E-state index in [0.29, 0.717) is 41.3 Å². The maximum absolute atomic E-state index is 15.3. The molecule has 0 spiro atoms. The van der Waals surface area contributed by atoms with Gasteiger partial charge in [0.05, 0.1) is 0 Å². The largest absolute Gasteiger partial charge is 0.298 e. The molecule has 8 unspecified atom stereocenters. The van der Waals surface area contributed by atoms with Crippen molar-refractivity contribution in [2.45, 2.75) is 132 Å². The lowest BCUT2D eigenvalue weighted by molar-refractivity contribution is -0.167. The highest BCUT2D eigenvalue weighted by molar-refractivity contribution is 5.91. The second-order valence-corrected chi connectivity index (χ2v) is 16.8. The average Bonchev–Trinajstić information content (AvgIpc) is 2.91. The van der Waals surface area contributed by atoms with Gasteiger partial charge in [0.15, 0.2) is 0 Å². The molecule has 4 fully saturated rings. The zero-order chi connectivity index (χ0) is 28.7. The number of carbonyl (C=O) groups excluding carboxylic acids is 1. The van der Waals surface area contributed by atoms with Crippen LogP contribution >= 0.6 is 0 Å². The molecular formula is C39H58O. The van der Waals surface area contributed by atoms with Crippen LogP contribution in [0.25, 0.3) is 0 Å². The number of fused-ring (bicyclic) bond motifs is 6. The molecule has 220 valence electrons. The topological polar surface area (TPSA) is 17.1 Å². The molecule has 4 saturated carbocycles. The number of Topliss-reactive ketones (excluding diaryl/α,β-unsaturated/α-hetero) is 1. The number of hydrogen-bond acceptors (Lipinski definition) is 1. The van der Waals surface area contributed by atoms with E-state index in [2.05, 4.69) is 79.7 Å². The smallest absolute Gasteiger partial charge is 0.145 e. The molecule has 0 aromatic rings. The number of carbonyl (C=O) groups is 1. The Balaban J connectivity index is 1.30. The van der Waals surface area contributed by atoms with Crippen LogP contribution in [0.15, 0.2) is 46.6 Å². The standard InChI is InChI=1S/C39H58O/c1-25(2)27-11-15-31-29(23-27)13-17-33-36(31,5)19-9-21-38(33,7)35(40)39(8)22-10-20-37(6)32-16-12-28(26(3)4)24-30(32)14-18-34(37)39/h11-12,23-26,31-34H,9-10,13-22H2,1-8H3. The second kappa shape index (κ2) is 9.84. The summed E-state index contributed by atoms with van der Waals surface area (Å²) in [4.78, 5) is 15.3. The molecule has 0 amide bonds. The van der Waals surface area contributed by atoms with Gasteiger partial charge in [-0.25, -0.2) is 0 Å². The Hall–Kier alpha value is -1.37. The summed E-state index contributed by atoms with van der Waals surface area (Å²) in [5.74, 6) is 4.21. The van der Waals surface area contributed by atoms with E-state index >= 15 is 4.79 Å². The first-order valence-corrected chi connectivity index (χ1v) is 17.2. The fourth-order valence-electron chi connectivity index (χ4n) is 12.0. The first-order chi connectivity index (χ1) is 18.8. The molecule has 0 aromatic heterocycles. The van der Waals surface area contributed by atoms with Crippen molar-refractivity contribution in [2.24, 2.45) is 57.2 Å². The third-order valence-electron chi connectivity index (χ3n) is 14.1. The van der Waals surface area contributed by atoms with Gasteiger partial charge in [-0.2, -0.15) is 0 Å². The fraction of sp³-hybridized carbons (Fsp3) is 0.769. The van der Waals surface area contributed by atoms with Crippen molar-refractivity contribution in [1.29, 1.82) is 0 Å². The summed E-state index contributed by atoms with van der Waals surface area (Å²) < 4.78 is 0. The van der Waals surface area contributed by atoms with Gasteiger partial charge < -0.3 is 0 Å². The minimum Gasteiger partial charge on any atom is -0.298 e. The van der Waals surface area contributed by atoms with Crippen LogP contribution in [0.4, 0.5) is 0 Å². The van der Waals surface area contributed by atoms with Crippen molar-refractivity contribution >= 4 is 5.78 Å². The van der Waals surface area contributed by atoms with Crippen molar-refractivity contribution in [3.8, 4) is 0 Å². The second-order valence-electron chi connectivity index (χ2n) is 16.8. The summed E-state index contributed by atoms with van der Waals surface area (Å²) in [7, 11) is 0. The maximum Gasteiger partial charge on any atom is 0.145 e. The average molecular weight is 543 g/mol. The highest BCUT2D eigenvalue weighted by Gasteiger charge is 2.64. The third-order valence-corrected chi connectivity index (χ3v) is 14.1. The van der Waals surface area contributed by atoms with Crippen molar-refractivity contribution in [3.05, 3.63) is 46.6 Å². The van der Waals surface area contributed by atoms with Crippen LogP contribution in [0.5, 0.6) is 0 Å². The number of hydrogen-bond donors (Lipinski definition) is 0. The summed E-state index contributed by atoms with van der Waals surface area (Å²) in [6.07, 6.45) is 24.7. The number of ketones is 1. The molecule has 8 atom stereocenters. The Morgan fingerprint density at radius 2 is 1.07 bits per heavy atom. The quantitative estimate of drug-likeness (QED) is 0.345. The van der Waals surface area contributed by atoms with Crippen molar-refractivity contribution < 1.29 is 4.79 Å². The van der Waals surface area contributed by atoms with Crippen LogP contribution < -0.4 is 0 Å². The van der Waals surface area contributed by atoms with Crippen LogP contribution in [-0.4, -0.2) is 5.78 Å². The molecule has 1 heteroatoms. The molecular weight excluding hydrogens is 484 g/mol. The third kappa shape index (κ3) is 4.09. The van der Waals surface area contributed by atoms with Crippen LogP contribution in [0.1, 0.15) is 132 Å². The van der Waals surface area contributed by atoms with Gasteiger partial charge in [0.2, 0.25) is 0 Å². The van der Waals surface area contributed by atoms with Crippen molar-refractivity contribution in [2.75, 3.05) is 0 Å². The first-order valence-electron chi connectivity index (χ1n) is 17.2. The molecule has 40 heavy (non-hydrogen) atoms. The monoisotopic (exact) mass is 542 g/mol. The van der Waals surface area contributed by atoms with Gasteiger partial charge in [-0.1, -0.05) is 104 Å². The van der Waals surface area contributed by atoms with E-state index < -0.39 is 0 Å². The van der Waals surface area contributed by atoms with Gasteiger partial charge in [0.25, 0.3) is 0 Å². The van der Waals surface area contributed by atoms with Crippen molar-refractivity contribution in [1.82, 2.24) is 0 Å². The van der Waals surface area contributed by atoms with E-state index in [4.69, 9.17) is 0 Å². The minimum atomic E-state index is -0.180. The Morgan fingerprint density at radius 3 is 1.45 bits per heavy atom. The summed E-state index contributed by atoms with van der Waals surface area (Å²) in [5, 5.41) is 0. The van der Waals surface area contributed by atoms with E-state index in [0.717, 1.165) is 12.8 Å². The minimum absolute atomic E-state index is 0.180. The molecule has 0 N–H and O–H groups in total. The normalized spacial score (nSPS) is 44.9. The SMILES string of the molecule is CC(C)C1=CCC2C(=C1)CCC1C(C)(C(=O)C3(C)CCCC4(C)C5CC=C(C(C)C)C=C5CCC34)CCCC21C. The van der Waals surface area contributed by atoms with Gasteiger partial charge in [-0.05, 0) is 122 Å². The Morgan fingerprint density at radius 1 is 0.675 bits per heavy atom. The molecule has 6 aliphatic carbocycles. The van der Waals surface area contributed by atoms with Gasteiger partial charge in [0, 0.05) is 10.8 Å². The summed E-state index contributed by atoms with van der Waals surface area (Å²) >= 11 is 0. The zero-order valence-electron chi connectivity index (χ0n) is 27.2. The van der Waals surface area contributed by atoms with Gasteiger partial charge in [-0.15, -0.1) is 0 Å². The zero-order valence-corrected chi connectivity index (χ0v) is 27.2. The molecule has 0 saturated heterocycles. The fourth-order valence-corrected chi connectivity index (χ4v) is 12.0. The van der Waals surface area contributed by atoms with Crippen molar-refractivity contribution in [3.63, 3.8) is 0 Å². The maximum atomic E-state index is 15.3. The molecule has 6 aliphatic rings. The number of allylic oxidation sites excluding steroid dienone is 8. The van der Waals surface area contributed by atoms with Gasteiger partial charge in [-0.3, -0.25) is 4.79 Å². The molecule has 0 aromatic carbocycles. The molecule has 0 aliphatic heterocycles. The Bertz CT molecular complexity index is 1090. The van der Waals surface area contributed by atoms with E-state index in [-0.39, 0.29) is 21.7 Å². The summed E-state index contributed by atoms with van der Waals surface area (Å²) in [6.45, 7) is 19.4. The lowest BCUT2D eigenvalue weighted by Crippen LogP contribution is -2.60. The first kappa shape index (κ1) is 28.7. The van der Waals surface area contributed by atoms with Crippen LogP contribution in [-0.2, 0) is 4.79 Å².